The summed E-state index contributed by atoms with van der Waals surface area (Å²) in [5, 5.41) is 12.4. The zero-order chi connectivity index (χ0) is 26.8. The molecule has 1 amide bonds. The second-order valence-corrected chi connectivity index (χ2v) is 8.94. The van der Waals surface area contributed by atoms with Gasteiger partial charge in [0.15, 0.2) is 0 Å². The number of Topliss-reactive ketones (excluding diaryl/α,β-unsaturated/α-hetero) is 1. The van der Waals surface area contributed by atoms with Crippen molar-refractivity contribution in [1.29, 1.82) is 0 Å². The normalized spacial score (nSPS) is 16.7. The van der Waals surface area contributed by atoms with E-state index < -0.39 is 17.7 Å². The number of methoxy groups -OCH3 is 3. The quantitative estimate of drug-likeness (QED) is 0.199. The third kappa shape index (κ3) is 4.34. The highest BCUT2D eigenvalue weighted by atomic mass is 16.5. The number of ketones is 1. The maximum Gasteiger partial charge on any atom is 0.295 e. The third-order valence-electron chi connectivity index (χ3n) is 6.93. The number of hydrogen-bond donors (Lipinski definition) is 2. The fourth-order valence-electron chi connectivity index (χ4n) is 4.97. The van der Waals surface area contributed by atoms with Gasteiger partial charge in [0.25, 0.3) is 11.7 Å². The molecule has 1 aliphatic rings. The SMILES string of the molecule is COc1ccc(C(O)=C2C(=O)C(=O)N(CCc3c[nH]c4ccccc34)[C@@H]2c2cc(OC)ccc2OC)cc1. The lowest BCUT2D eigenvalue weighted by molar-refractivity contribution is -0.139. The molecule has 8 nitrogen and oxygen atoms in total. The van der Waals surface area contributed by atoms with Gasteiger partial charge in [-0.05, 0) is 60.5 Å². The van der Waals surface area contributed by atoms with Crippen LogP contribution in [0.3, 0.4) is 0 Å². The van der Waals surface area contributed by atoms with Crippen LogP contribution in [-0.4, -0.2) is 54.6 Å². The molecule has 4 aromatic rings. The lowest BCUT2D eigenvalue weighted by atomic mass is 9.94. The van der Waals surface area contributed by atoms with Crippen LogP contribution in [0.15, 0.2) is 78.5 Å². The molecule has 0 bridgehead atoms. The average Bonchev–Trinajstić information content (AvgIpc) is 3.49. The molecule has 1 fully saturated rings. The van der Waals surface area contributed by atoms with Gasteiger partial charge in [-0.25, -0.2) is 0 Å². The van der Waals surface area contributed by atoms with E-state index in [1.54, 1.807) is 49.6 Å². The van der Waals surface area contributed by atoms with E-state index in [-0.39, 0.29) is 17.9 Å². The highest BCUT2D eigenvalue weighted by Gasteiger charge is 2.47. The van der Waals surface area contributed by atoms with Gasteiger partial charge < -0.3 is 29.2 Å². The van der Waals surface area contributed by atoms with Crippen molar-refractivity contribution in [2.24, 2.45) is 0 Å². The maximum atomic E-state index is 13.5. The van der Waals surface area contributed by atoms with Gasteiger partial charge in [-0.1, -0.05) is 18.2 Å². The number of benzene rings is 3. The zero-order valence-corrected chi connectivity index (χ0v) is 21.4. The van der Waals surface area contributed by atoms with E-state index in [1.807, 2.05) is 30.5 Å². The molecule has 5 rings (SSSR count). The number of para-hydroxylation sites is 1. The fraction of sp³-hybridized carbons (Fsp3) is 0.200. The summed E-state index contributed by atoms with van der Waals surface area (Å²) in [6, 6.07) is 18.9. The summed E-state index contributed by atoms with van der Waals surface area (Å²) in [6.07, 6.45) is 2.42. The van der Waals surface area contributed by atoms with E-state index in [0.717, 1.165) is 16.5 Å². The van der Waals surface area contributed by atoms with E-state index in [1.165, 1.54) is 19.1 Å². The largest absolute Gasteiger partial charge is 0.507 e. The fourth-order valence-corrected chi connectivity index (χ4v) is 4.97. The Bertz CT molecular complexity index is 1540. The van der Waals surface area contributed by atoms with Crippen molar-refractivity contribution in [1.82, 2.24) is 9.88 Å². The van der Waals surface area contributed by atoms with Crippen LogP contribution in [0.1, 0.15) is 22.7 Å². The number of aromatic amines is 1. The summed E-state index contributed by atoms with van der Waals surface area (Å²) in [5.41, 5.74) is 2.95. The standard InChI is InChI=1S/C30H28N2O6/c1-36-20-10-8-18(9-11-20)28(33)26-27(23-16-21(37-2)12-13-25(23)38-3)32(30(35)29(26)34)15-14-19-17-31-24-7-5-4-6-22(19)24/h4-13,16-17,27,31,33H,14-15H2,1-3H3/t27-/m1/s1. The Hall–Kier alpha value is -4.72. The Labute approximate surface area is 220 Å². The van der Waals surface area contributed by atoms with Crippen LogP contribution in [0.25, 0.3) is 16.7 Å². The molecular weight excluding hydrogens is 484 g/mol. The number of carbonyl (C=O) groups is 2. The molecule has 0 spiro atoms. The van der Waals surface area contributed by atoms with Crippen LogP contribution in [0.5, 0.6) is 17.2 Å². The van der Waals surface area contributed by atoms with Gasteiger partial charge in [-0.3, -0.25) is 9.59 Å². The minimum Gasteiger partial charge on any atom is -0.507 e. The summed E-state index contributed by atoms with van der Waals surface area (Å²) in [6.45, 7) is 0.247. The van der Waals surface area contributed by atoms with E-state index in [0.29, 0.717) is 34.8 Å². The first-order valence-corrected chi connectivity index (χ1v) is 12.2. The molecule has 1 atom stereocenters. The van der Waals surface area contributed by atoms with Gasteiger partial charge in [0.05, 0.1) is 32.9 Å². The molecule has 3 aromatic carbocycles. The molecule has 0 saturated carbocycles. The zero-order valence-electron chi connectivity index (χ0n) is 21.4. The number of aliphatic hydroxyl groups is 1. The molecule has 2 N–H and O–H groups in total. The Morgan fingerprint density at radius 3 is 2.34 bits per heavy atom. The van der Waals surface area contributed by atoms with E-state index in [9.17, 15) is 14.7 Å². The first-order chi connectivity index (χ1) is 18.5. The summed E-state index contributed by atoms with van der Waals surface area (Å²) >= 11 is 0. The smallest absolute Gasteiger partial charge is 0.295 e. The van der Waals surface area contributed by atoms with Crippen LogP contribution in [0.2, 0.25) is 0 Å². The average molecular weight is 513 g/mol. The maximum absolute atomic E-state index is 13.5. The Morgan fingerprint density at radius 2 is 1.63 bits per heavy atom. The number of fused-ring (bicyclic) bond motifs is 1. The van der Waals surface area contributed by atoms with Crippen molar-refractivity contribution in [2.75, 3.05) is 27.9 Å². The number of nitrogens with zero attached hydrogens (tertiary/aromatic N) is 1. The minimum absolute atomic E-state index is 0.00866. The van der Waals surface area contributed by atoms with Gasteiger partial charge in [0, 0.05) is 34.8 Å². The van der Waals surface area contributed by atoms with Crippen molar-refractivity contribution in [3.05, 3.63) is 95.2 Å². The van der Waals surface area contributed by atoms with Gasteiger partial charge in [0.2, 0.25) is 0 Å². The van der Waals surface area contributed by atoms with Crippen LogP contribution >= 0.6 is 0 Å². The Morgan fingerprint density at radius 1 is 0.921 bits per heavy atom. The number of amides is 1. The van der Waals surface area contributed by atoms with Crippen LogP contribution in [0.4, 0.5) is 0 Å². The summed E-state index contributed by atoms with van der Waals surface area (Å²) in [7, 11) is 4.60. The first-order valence-electron chi connectivity index (χ1n) is 12.2. The molecular formula is C30H28N2O6. The highest BCUT2D eigenvalue weighted by Crippen LogP contribution is 2.44. The molecule has 1 saturated heterocycles. The Balaban J connectivity index is 1.62. The Kier molecular flexibility index (Phi) is 6.79. The molecule has 1 aliphatic heterocycles. The second-order valence-electron chi connectivity index (χ2n) is 8.94. The number of likely N-dealkylation sites (tertiary alicyclic amines) is 1. The van der Waals surface area contributed by atoms with Gasteiger partial charge in [0.1, 0.15) is 23.0 Å². The van der Waals surface area contributed by atoms with Crippen LogP contribution in [0, 0.1) is 0 Å². The van der Waals surface area contributed by atoms with Crippen molar-refractivity contribution in [2.45, 2.75) is 12.5 Å². The van der Waals surface area contributed by atoms with Crippen LogP contribution < -0.4 is 14.2 Å². The first kappa shape index (κ1) is 25.0. The van der Waals surface area contributed by atoms with Gasteiger partial charge in [-0.15, -0.1) is 0 Å². The topological polar surface area (TPSA) is 101 Å². The second kappa shape index (κ2) is 10.3. The van der Waals surface area contributed by atoms with E-state index >= 15 is 0 Å². The minimum atomic E-state index is -0.882. The lowest BCUT2D eigenvalue weighted by Crippen LogP contribution is -2.31. The number of H-pyrrole nitrogens is 1. The lowest BCUT2D eigenvalue weighted by Gasteiger charge is -2.27. The van der Waals surface area contributed by atoms with Crippen LogP contribution in [-0.2, 0) is 16.0 Å². The summed E-state index contributed by atoms with van der Waals surface area (Å²) in [5.74, 6) is -0.105. The number of carbonyl (C=O) groups excluding carboxylic acids is 2. The molecule has 38 heavy (non-hydrogen) atoms. The predicted octanol–water partition coefficient (Wildman–Crippen LogP) is 4.86. The molecule has 0 unspecified atom stereocenters. The molecule has 0 radical (unpaired) electrons. The van der Waals surface area contributed by atoms with Crippen molar-refractivity contribution < 1.29 is 28.9 Å². The molecule has 194 valence electrons. The number of rotatable bonds is 8. The summed E-state index contributed by atoms with van der Waals surface area (Å²) < 4.78 is 16.3. The molecule has 2 heterocycles. The summed E-state index contributed by atoms with van der Waals surface area (Å²) in [4.78, 5) is 31.6. The number of ether oxygens (including phenoxy) is 3. The van der Waals surface area contributed by atoms with Crippen molar-refractivity contribution in [3.63, 3.8) is 0 Å². The molecule has 8 heteroatoms. The number of hydrogen-bond acceptors (Lipinski definition) is 6. The van der Waals surface area contributed by atoms with Gasteiger partial charge in [-0.2, -0.15) is 0 Å². The number of aliphatic hydroxyl groups excluding tert-OH is 1. The third-order valence-corrected chi connectivity index (χ3v) is 6.93. The van der Waals surface area contributed by atoms with E-state index in [4.69, 9.17) is 14.2 Å². The van der Waals surface area contributed by atoms with E-state index in [2.05, 4.69) is 4.98 Å². The van der Waals surface area contributed by atoms with Crippen molar-refractivity contribution >= 4 is 28.4 Å². The highest BCUT2D eigenvalue weighted by molar-refractivity contribution is 6.46. The number of aromatic nitrogens is 1. The number of nitrogens with one attached hydrogen (secondary N) is 1. The predicted molar refractivity (Wildman–Crippen MR) is 144 cm³/mol. The molecule has 0 aliphatic carbocycles. The van der Waals surface area contributed by atoms with Gasteiger partial charge >= 0.3 is 0 Å². The van der Waals surface area contributed by atoms with Crippen molar-refractivity contribution in [3.8, 4) is 17.2 Å². The monoisotopic (exact) mass is 512 g/mol. The molecule has 1 aromatic heterocycles.